The molecule has 2 aliphatic heterocycles. The molecule has 15 heavy (non-hydrogen) atoms. The summed E-state index contributed by atoms with van der Waals surface area (Å²) in [6, 6.07) is 0. The summed E-state index contributed by atoms with van der Waals surface area (Å²) < 4.78 is -0.662. The average molecular weight is 231 g/mol. The molecule has 0 aromatic heterocycles. The standard InChI is InChI=1S/C9H13NO4S/c1-8(2)9(4-11,7(13)14)10-5(12)3-6(10)15-8/h6,11H,3-4H2,1-2H3,(H,13,14)/t6-,9+/m1/s1. The van der Waals surface area contributed by atoms with Crippen LogP contribution in [0.3, 0.4) is 0 Å². The van der Waals surface area contributed by atoms with E-state index in [2.05, 4.69) is 0 Å². The van der Waals surface area contributed by atoms with E-state index in [0.717, 1.165) is 0 Å². The number of rotatable bonds is 2. The number of aliphatic hydroxyl groups excluding tert-OH is 1. The first kappa shape index (κ1) is 10.8. The lowest BCUT2D eigenvalue weighted by molar-refractivity contribution is -0.171. The zero-order chi connectivity index (χ0) is 11.4. The van der Waals surface area contributed by atoms with Crippen molar-refractivity contribution in [3.05, 3.63) is 0 Å². The first-order chi connectivity index (χ1) is 6.87. The van der Waals surface area contributed by atoms with Crippen LogP contribution in [0.5, 0.6) is 0 Å². The van der Waals surface area contributed by atoms with Crippen LogP contribution in [0.4, 0.5) is 0 Å². The van der Waals surface area contributed by atoms with E-state index >= 15 is 0 Å². The summed E-state index contributed by atoms with van der Waals surface area (Å²) in [6.45, 7) is 2.98. The lowest BCUT2D eigenvalue weighted by Gasteiger charge is -2.45. The number of aliphatic hydroxyl groups is 1. The number of aliphatic carboxylic acids is 1. The third-order valence-electron chi connectivity index (χ3n) is 3.33. The van der Waals surface area contributed by atoms with E-state index in [0.29, 0.717) is 6.42 Å². The summed E-state index contributed by atoms with van der Waals surface area (Å²) in [5, 5.41) is 18.6. The highest BCUT2D eigenvalue weighted by Gasteiger charge is 2.69. The Balaban J connectivity index is 2.49. The van der Waals surface area contributed by atoms with Crippen molar-refractivity contribution in [2.24, 2.45) is 0 Å². The van der Waals surface area contributed by atoms with Crippen molar-refractivity contribution in [1.82, 2.24) is 4.90 Å². The fourth-order valence-corrected chi connectivity index (χ4v) is 4.12. The van der Waals surface area contributed by atoms with Gasteiger partial charge in [-0.25, -0.2) is 4.79 Å². The van der Waals surface area contributed by atoms with Gasteiger partial charge in [-0.3, -0.25) is 4.79 Å². The highest BCUT2D eigenvalue weighted by atomic mass is 32.2. The Morgan fingerprint density at radius 1 is 1.67 bits per heavy atom. The second kappa shape index (κ2) is 2.89. The maximum atomic E-state index is 11.4. The number of carbonyl (C=O) groups excluding carboxylic acids is 1. The first-order valence-corrected chi connectivity index (χ1v) is 5.59. The van der Waals surface area contributed by atoms with Gasteiger partial charge in [0, 0.05) is 4.75 Å². The molecule has 0 spiro atoms. The van der Waals surface area contributed by atoms with Gasteiger partial charge in [0.15, 0.2) is 5.54 Å². The smallest absolute Gasteiger partial charge is 0.333 e. The van der Waals surface area contributed by atoms with Gasteiger partial charge in [-0.2, -0.15) is 0 Å². The Morgan fingerprint density at radius 3 is 2.60 bits per heavy atom. The van der Waals surface area contributed by atoms with E-state index < -0.39 is 22.9 Å². The van der Waals surface area contributed by atoms with E-state index in [4.69, 9.17) is 0 Å². The zero-order valence-corrected chi connectivity index (χ0v) is 9.37. The molecule has 2 aliphatic rings. The fraction of sp³-hybridized carbons (Fsp3) is 0.778. The van der Waals surface area contributed by atoms with Crippen LogP contribution in [0.2, 0.25) is 0 Å². The lowest BCUT2D eigenvalue weighted by atomic mass is 9.82. The van der Waals surface area contributed by atoms with E-state index in [1.807, 2.05) is 0 Å². The number of β-lactam (4-membered cyclic amide) rings is 1. The van der Waals surface area contributed by atoms with Crippen LogP contribution in [-0.2, 0) is 9.59 Å². The highest BCUT2D eigenvalue weighted by molar-refractivity contribution is 8.01. The molecule has 1 amide bonds. The number of amides is 1. The third-order valence-corrected chi connectivity index (χ3v) is 4.90. The van der Waals surface area contributed by atoms with Gasteiger partial charge in [0.2, 0.25) is 5.91 Å². The highest BCUT2D eigenvalue weighted by Crippen LogP contribution is 2.56. The van der Waals surface area contributed by atoms with Crippen molar-refractivity contribution in [2.75, 3.05) is 6.61 Å². The predicted octanol–water partition coefficient (Wildman–Crippen LogP) is -0.114. The number of hydrogen-bond donors (Lipinski definition) is 2. The van der Waals surface area contributed by atoms with Crippen LogP contribution in [-0.4, -0.2) is 49.3 Å². The normalized spacial score (nSPS) is 37.4. The monoisotopic (exact) mass is 231 g/mol. The molecule has 2 heterocycles. The van der Waals surface area contributed by atoms with Gasteiger partial charge in [0.1, 0.15) is 0 Å². The van der Waals surface area contributed by atoms with Crippen molar-refractivity contribution in [1.29, 1.82) is 0 Å². The summed E-state index contributed by atoms with van der Waals surface area (Å²) in [7, 11) is 0. The van der Waals surface area contributed by atoms with Crippen LogP contribution < -0.4 is 0 Å². The van der Waals surface area contributed by atoms with Crippen molar-refractivity contribution in [2.45, 2.75) is 35.9 Å². The minimum Gasteiger partial charge on any atom is -0.479 e. The molecule has 2 fully saturated rings. The van der Waals surface area contributed by atoms with Crippen molar-refractivity contribution < 1.29 is 19.8 Å². The number of carboxylic acids is 1. The maximum absolute atomic E-state index is 11.4. The van der Waals surface area contributed by atoms with Gasteiger partial charge in [-0.05, 0) is 13.8 Å². The first-order valence-electron chi connectivity index (χ1n) is 4.71. The Labute approximate surface area is 91.4 Å². The van der Waals surface area contributed by atoms with E-state index in [-0.39, 0.29) is 11.3 Å². The largest absolute Gasteiger partial charge is 0.479 e. The SMILES string of the molecule is CC1(C)S[C@@H]2CC(=O)N2[C@@]1(CO)C(=O)O. The minimum absolute atomic E-state index is 0.0873. The van der Waals surface area contributed by atoms with Gasteiger partial charge in [0.25, 0.3) is 0 Å². The lowest BCUT2D eigenvalue weighted by Crippen LogP contribution is -2.69. The Morgan fingerprint density at radius 2 is 2.27 bits per heavy atom. The number of carbonyl (C=O) groups is 2. The molecule has 0 aromatic carbocycles. The van der Waals surface area contributed by atoms with Gasteiger partial charge in [-0.15, -0.1) is 11.8 Å². The molecule has 2 rings (SSSR count). The molecule has 5 nitrogen and oxygen atoms in total. The van der Waals surface area contributed by atoms with E-state index in [1.54, 1.807) is 13.8 Å². The molecular formula is C9H13NO4S. The second-order valence-electron chi connectivity index (χ2n) is 4.37. The molecule has 0 saturated carbocycles. The summed E-state index contributed by atoms with van der Waals surface area (Å²) in [4.78, 5) is 24.1. The Hall–Kier alpha value is -0.750. The molecule has 2 N–H and O–H groups in total. The quantitative estimate of drug-likeness (QED) is 0.648. The van der Waals surface area contributed by atoms with E-state index in [1.165, 1.54) is 16.7 Å². The third kappa shape index (κ3) is 1.04. The van der Waals surface area contributed by atoms with Crippen molar-refractivity contribution in [3.63, 3.8) is 0 Å². The van der Waals surface area contributed by atoms with Crippen molar-refractivity contribution >= 4 is 23.6 Å². The molecule has 0 aliphatic carbocycles. The van der Waals surface area contributed by atoms with Gasteiger partial charge >= 0.3 is 5.97 Å². The number of thioether (sulfide) groups is 1. The molecule has 0 aromatic rings. The zero-order valence-electron chi connectivity index (χ0n) is 8.56. The maximum Gasteiger partial charge on any atom is 0.333 e. The van der Waals surface area contributed by atoms with E-state index in [9.17, 15) is 19.8 Å². The molecule has 84 valence electrons. The number of hydrogen-bond acceptors (Lipinski definition) is 4. The topological polar surface area (TPSA) is 77.8 Å². The second-order valence-corrected chi connectivity index (χ2v) is 6.17. The van der Waals surface area contributed by atoms with Gasteiger partial charge in [-0.1, -0.05) is 0 Å². The van der Waals surface area contributed by atoms with Gasteiger partial charge < -0.3 is 15.1 Å². The molecule has 6 heteroatoms. The minimum atomic E-state index is -1.46. The van der Waals surface area contributed by atoms with Gasteiger partial charge in [0.05, 0.1) is 18.4 Å². The summed E-state index contributed by atoms with van der Waals surface area (Å²) in [6.07, 6.45) is 0.378. The number of nitrogens with zero attached hydrogens (tertiary/aromatic N) is 1. The molecule has 0 radical (unpaired) electrons. The van der Waals surface area contributed by atoms with Crippen molar-refractivity contribution in [3.8, 4) is 0 Å². The van der Waals surface area contributed by atoms with Crippen LogP contribution in [0, 0.1) is 0 Å². The Kier molecular flexibility index (Phi) is 2.07. The fourth-order valence-electron chi connectivity index (χ4n) is 2.36. The summed E-state index contributed by atoms with van der Waals surface area (Å²) >= 11 is 1.45. The molecule has 2 saturated heterocycles. The number of fused-ring (bicyclic) bond motifs is 1. The molecular weight excluding hydrogens is 218 g/mol. The summed E-state index contributed by atoms with van der Waals surface area (Å²) in [5.74, 6) is -1.31. The molecule has 0 unspecified atom stereocenters. The Bertz CT molecular complexity index is 343. The van der Waals surface area contributed by atoms with Crippen LogP contribution in [0.15, 0.2) is 0 Å². The predicted molar refractivity (Wildman–Crippen MR) is 54.4 cm³/mol. The van der Waals surface area contributed by atoms with Crippen LogP contribution >= 0.6 is 11.8 Å². The number of carboxylic acid groups (broad SMARTS) is 1. The van der Waals surface area contributed by atoms with Crippen LogP contribution in [0.25, 0.3) is 0 Å². The summed E-state index contributed by atoms with van der Waals surface area (Å²) in [5.41, 5.74) is -1.46. The molecule has 0 bridgehead atoms. The average Bonchev–Trinajstić information content (AvgIpc) is 2.29. The van der Waals surface area contributed by atoms with Crippen LogP contribution in [0.1, 0.15) is 20.3 Å². The molecule has 2 atom stereocenters.